The van der Waals surface area contributed by atoms with Gasteiger partial charge in [-0.25, -0.2) is 4.98 Å². The van der Waals surface area contributed by atoms with E-state index in [4.69, 9.17) is 4.98 Å². The van der Waals surface area contributed by atoms with Gasteiger partial charge in [0.1, 0.15) is 0 Å². The molecule has 3 aromatic carbocycles. The third-order valence-corrected chi connectivity index (χ3v) is 6.25. The van der Waals surface area contributed by atoms with Gasteiger partial charge in [0.2, 0.25) is 11.8 Å². The van der Waals surface area contributed by atoms with Crippen LogP contribution in [0, 0.1) is 20.8 Å². The highest BCUT2D eigenvalue weighted by atomic mass is 32.2. The molecule has 1 heterocycles. The molecule has 0 aliphatic carbocycles. The molecule has 33 heavy (non-hydrogen) atoms. The Morgan fingerprint density at radius 1 is 0.909 bits per heavy atom. The van der Waals surface area contributed by atoms with E-state index in [1.165, 1.54) is 11.8 Å². The Bertz CT molecular complexity index is 1310. The molecule has 1 aromatic heterocycles. The number of rotatable bonds is 7. The fourth-order valence-corrected chi connectivity index (χ4v) is 4.53. The second-order valence-corrected chi connectivity index (χ2v) is 8.88. The normalized spacial score (nSPS) is 10.9. The van der Waals surface area contributed by atoms with E-state index in [2.05, 4.69) is 21.3 Å². The number of amides is 2. The third kappa shape index (κ3) is 5.26. The van der Waals surface area contributed by atoms with Crippen LogP contribution in [0.25, 0.3) is 16.7 Å². The Kier molecular flexibility index (Phi) is 6.79. The number of hydrogen-bond donors (Lipinski definition) is 2. The van der Waals surface area contributed by atoms with Gasteiger partial charge in [-0.05, 0) is 61.7 Å². The van der Waals surface area contributed by atoms with Gasteiger partial charge < -0.3 is 10.6 Å². The van der Waals surface area contributed by atoms with E-state index in [1.54, 1.807) is 0 Å². The lowest BCUT2D eigenvalue weighted by Crippen LogP contribution is -2.34. The van der Waals surface area contributed by atoms with Crippen molar-refractivity contribution in [1.29, 1.82) is 0 Å². The molecule has 0 aliphatic heterocycles. The van der Waals surface area contributed by atoms with Crippen molar-refractivity contribution in [2.75, 3.05) is 17.6 Å². The van der Waals surface area contributed by atoms with Crippen molar-refractivity contribution in [2.45, 2.75) is 25.9 Å². The van der Waals surface area contributed by atoms with Crippen LogP contribution in [0.3, 0.4) is 0 Å². The molecule has 4 rings (SSSR count). The minimum absolute atomic E-state index is 0.0819. The molecule has 0 unspecified atom stereocenters. The zero-order valence-corrected chi connectivity index (χ0v) is 19.7. The topological polar surface area (TPSA) is 76.0 Å². The maximum Gasteiger partial charge on any atom is 0.243 e. The van der Waals surface area contributed by atoms with Gasteiger partial charge in [0.15, 0.2) is 5.16 Å². The summed E-state index contributed by atoms with van der Waals surface area (Å²) < 4.78 is 2.06. The number of thioether (sulfide) groups is 1. The van der Waals surface area contributed by atoms with Crippen LogP contribution in [0.4, 0.5) is 5.69 Å². The molecule has 0 atom stereocenters. The third-order valence-electron chi connectivity index (χ3n) is 5.31. The van der Waals surface area contributed by atoms with Gasteiger partial charge in [0, 0.05) is 11.4 Å². The summed E-state index contributed by atoms with van der Waals surface area (Å²) >= 11 is 1.35. The first-order valence-corrected chi connectivity index (χ1v) is 11.7. The Balaban J connectivity index is 1.42. The summed E-state index contributed by atoms with van der Waals surface area (Å²) in [7, 11) is 0. The molecule has 4 aromatic rings. The van der Waals surface area contributed by atoms with Gasteiger partial charge in [-0.3, -0.25) is 14.2 Å². The molecular formula is C26H26N4O2S. The van der Waals surface area contributed by atoms with Crippen LogP contribution in [0.15, 0.2) is 71.9 Å². The first-order valence-electron chi connectivity index (χ1n) is 10.7. The lowest BCUT2D eigenvalue weighted by molar-refractivity contribution is -0.122. The van der Waals surface area contributed by atoms with Crippen molar-refractivity contribution >= 4 is 40.3 Å². The second-order valence-electron chi connectivity index (χ2n) is 7.94. The zero-order valence-electron chi connectivity index (χ0n) is 18.9. The van der Waals surface area contributed by atoms with Gasteiger partial charge in [-0.15, -0.1) is 0 Å². The molecular weight excluding hydrogens is 432 g/mol. The molecule has 0 saturated heterocycles. The summed E-state index contributed by atoms with van der Waals surface area (Å²) in [5, 5.41) is 6.32. The Hall–Kier alpha value is -3.58. The van der Waals surface area contributed by atoms with E-state index in [-0.39, 0.29) is 24.1 Å². The van der Waals surface area contributed by atoms with Crippen LogP contribution in [-0.2, 0) is 9.59 Å². The van der Waals surface area contributed by atoms with Crippen molar-refractivity contribution in [3.63, 3.8) is 0 Å². The highest BCUT2D eigenvalue weighted by Crippen LogP contribution is 2.28. The minimum atomic E-state index is -0.252. The van der Waals surface area contributed by atoms with Crippen molar-refractivity contribution in [1.82, 2.24) is 14.9 Å². The predicted octanol–water partition coefficient (Wildman–Crippen LogP) is 4.80. The predicted molar refractivity (Wildman–Crippen MR) is 134 cm³/mol. The summed E-state index contributed by atoms with van der Waals surface area (Å²) in [6.07, 6.45) is 0. The molecule has 0 radical (unpaired) electrons. The Labute approximate surface area is 197 Å². The van der Waals surface area contributed by atoms with Crippen LogP contribution < -0.4 is 10.6 Å². The van der Waals surface area contributed by atoms with Crippen molar-refractivity contribution < 1.29 is 9.59 Å². The quantitative estimate of drug-likeness (QED) is 0.390. The zero-order chi connectivity index (χ0) is 23.4. The SMILES string of the molecule is Cc1cccc(-n2c(SCC(=O)NCC(=O)Nc3c(C)cccc3C)nc3ccccc32)c1. The molecule has 6 nitrogen and oxygen atoms in total. The molecule has 0 fully saturated rings. The molecule has 0 saturated carbocycles. The number of anilines is 1. The summed E-state index contributed by atoms with van der Waals surface area (Å²) in [5.74, 6) is -0.316. The number of nitrogens with one attached hydrogen (secondary N) is 2. The van der Waals surface area contributed by atoms with Crippen LogP contribution in [0.5, 0.6) is 0 Å². The standard InChI is InChI=1S/C26H26N4O2S/c1-17-8-6-11-20(14-17)30-22-13-5-4-12-21(22)28-26(30)33-16-24(32)27-15-23(31)29-25-18(2)9-7-10-19(25)3/h4-14H,15-16H2,1-3H3,(H,27,32)(H,29,31). The van der Waals surface area contributed by atoms with E-state index in [9.17, 15) is 9.59 Å². The monoisotopic (exact) mass is 458 g/mol. The molecule has 168 valence electrons. The smallest absolute Gasteiger partial charge is 0.243 e. The highest BCUT2D eigenvalue weighted by molar-refractivity contribution is 7.99. The summed E-state index contributed by atoms with van der Waals surface area (Å²) in [6.45, 7) is 5.85. The average Bonchev–Trinajstić information content (AvgIpc) is 3.17. The van der Waals surface area contributed by atoms with Gasteiger partial charge in [0.25, 0.3) is 0 Å². The van der Waals surface area contributed by atoms with Gasteiger partial charge in [-0.1, -0.05) is 54.2 Å². The maximum atomic E-state index is 12.5. The Morgan fingerprint density at radius 3 is 2.39 bits per heavy atom. The Morgan fingerprint density at radius 2 is 1.64 bits per heavy atom. The molecule has 0 bridgehead atoms. The maximum absolute atomic E-state index is 12.5. The number of carbonyl (C=O) groups excluding carboxylic acids is 2. The minimum Gasteiger partial charge on any atom is -0.346 e. The van der Waals surface area contributed by atoms with Crippen LogP contribution in [-0.4, -0.2) is 33.7 Å². The number of benzene rings is 3. The lowest BCUT2D eigenvalue weighted by Gasteiger charge is -2.12. The van der Waals surface area contributed by atoms with Crippen molar-refractivity contribution in [3.8, 4) is 5.69 Å². The summed E-state index contributed by atoms with van der Waals surface area (Å²) in [5.41, 5.74) is 6.76. The second kappa shape index (κ2) is 9.92. The average molecular weight is 459 g/mol. The number of fused-ring (bicyclic) bond motifs is 1. The fraction of sp³-hybridized carbons (Fsp3) is 0.192. The van der Waals surface area contributed by atoms with Crippen LogP contribution in [0.2, 0.25) is 0 Å². The number of nitrogens with zero attached hydrogens (tertiary/aromatic N) is 2. The van der Waals surface area contributed by atoms with E-state index < -0.39 is 0 Å². The number of carbonyl (C=O) groups is 2. The highest BCUT2D eigenvalue weighted by Gasteiger charge is 2.15. The van der Waals surface area contributed by atoms with Gasteiger partial charge >= 0.3 is 0 Å². The lowest BCUT2D eigenvalue weighted by atomic mass is 10.1. The first kappa shape index (κ1) is 22.6. The van der Waals surface area contributed by atoms with E-state index >= 15 is 0 Å². The molecule has 0 spiro atoms. The summed E-state index contributed by atoms with van der Waals surface area (Å²) in [4.78, 5) is 29.5. The van der Waals surface area contributed by atoms with Crippen molar-refractivity contribution in [3.05, 3.63) is 83.4 Å². The van der Waals surface area contributed by atoms with Crippen LogP contribution >= 0.6 is 11.8 Å². The largest absolute Gasteiger partial charge is 0.346 e. The number of para-hydroxylation sites is 3. The molecule has 2 amide bonds. The molecule has 2 N–H and O–H groups in total. The molecule has 0 aliphatic rings. The number of hydrogen-bond acceptors (Lipinski definition) is 4. The number of aromatic nitrogens is 2. The van der Waals surface area contributed by atoms with Gasteiger partial charge in [0.05, 0.1) is 23.3 Å². The van der Waals surface area contributed by atoms with Crippen molar-refractivity contribution in [2.24, 2.45) is 0 Å². The van der Waals surface area contributed by atoms with Crippen LogP contribution in [0.1, 0.15) is 16.7 Å². The van der Waals surface area contributed by atoms with E-state index in [0.29, 0.717) is 0 Å². The number of aryl methyl sites for hydroxylation is 3. The fourth-order valence-electron chi connectivity index (χ4n) is 3.67. The van der Waals surface area contributed by atoms with E-state index in [0.717, 1.165) is 44.3 Å². The first-order chi connectivity index (χ1) is 15.9. The van der Waals surface area contributed by atoms with E-state index in [1.807, 2.05) is 81.4 Å². The molecule has 7 heteroatoms. The van der Waals surface area contributed by atoms with Gasteiger partial charge in [-0.2, -0.15) is 0 Å². The number of imidazole rings is 1. The summed E-state index contributed by atoms with van der Waals surface area (Å²) in [6, 6.07) is 21.9.